The summed E-state index contributed by atoms with van der Waals surface area (Å²) in [5.41, 5.74) is 1.99. The lowest BCUT2D eigenvalue weighted by molar-refractivity contribution is -0.190. The van der Waals surface area contributed by atoms with Crippen LogP contribution < -0.4 is 31.7 Å². The van der Waals surface area contributed by atoms with Gasteiger partial charge in [-0.25, -0.2) is 19.9 Å². The van der Waals surface area contributed by atoms with Crippen molar-refractivity contribution in [2.75, 3.05) is 59.3 Å². The van der Waals surface area contributed by atoms with E-state index in [1.54, 1.807) is 42.1 Å². The topological polar surface area (TPSA) is 201 Å². The van der Waals surface area contributed by atoms with E-state index in [-0.39, 0.29) is 63.6 Å². The third-order valence-corrected chi connectivity index (χ3v) is 13.6. The molecule has 4 fully saturated rings. The monoisotopic (exact) mass is 885 g/mol. The Morgan fingerprint density at radius 3 is 2.32 bits per heavy atom. The number of piperazine rings is 1. The van der Waals surface area contributed by atoms with Gasteiger partial charge in [-0.3, -0.25) is 23.7 Å². The van der Waals surface area contributed by atoms with Crippen molar-refractivity contribution in [2.24, 2.45) is 5.41 Å². The highest BCUT2D eigenvalue weighted by Crippen LogP contribution is 2.58. The number of carbonyl (C=O) groups is 3. The first kappa shape index (κ1) is 40.1. The summed E-state index contributed by atoms with van der Waals surface area (Å²) in [6.07, 6.45) is 10.4. The maximum Gasteiger partial charge on any atom is 0.263 e. The van der Waals surface area contributed by atoms with Gasteiger partial charge >= 0.3 is 0 Å². The SMILES string of the molecule is [2H]C([2H])([2H])Nc1ccc(C(=O)Nc2cccc(C)n2)c(NC2CC3(C2)CC(OC(C)(C)C(=O)N2CCN(c4ccc(Nc5ncc6c(C)c(C(C)=O)c(=O)n(C7CCCC7)c6n5)nc4)CC2)C3)n1. The van der Waals surface area contributed by atoms with Crippen LogP contribution >= 0.6 is 0 Å². The molecule has 9 rings (SSSR count). The van der Waals surface area contributed by atoms with Gasteiger partial charge in [0.15, 0.2) is 5.78 Å². The van der Waals surface area contributed by atoms with E-state index in [2.05, 4.69) is 46.1 Å². The first-order valence-corrected chi connectivity index (χ1v) is 22.5. The number of nitrogens with zero attached hydrogens (tertiary/aromatic N) is 8. The summed E-state index contributed by atoms with van der Waals surface area (Å²) < 4.78 is 31.1. The number of hydrogen-bond donors (Lipinski definition) is 4. The van der Waals surface area contributed by atoms with E-state index in [1.807, 2.05) is 43.9 Å². The number of ether oxygens (including phenoxy) is 1. The molecule has 0 atom stereocenters. The van der Waals surface area contributed by atoms with E-state index in [1.165, 1.54) is 13.0 Å². The minimum atomic E-state index is -2.46. The van der Waals surface area contributed by atoms with Gasteiger partial charge in [0.1, 0.15) is 34.5 Å². The van der Waals surface area contributed by atoms with Crippen molar-refractivity contribution in [3.05, 3.63) is 87.6 Å². The van der Waals surface area contributed by atoms with E-state index < -0.39 is 18.5 Å². The lowest BCUT2D eigenvalue weighted by atomic mass is 9.52. The van der Waals surface area contributed by atoms with Crippen molar-refractivity contribution >= 4 is 63.5 Å². The Morgan fingerprint density at radius 2 is 1.63 bits per heavy atom. The number of nitrogens with one attached hydrogen (secondary N) is 4. The molecule has 5 aromatic heterocycles. The summed E-state index contributed by atoms with van der Waals surface area (Å²) in [6, 6.07) is 12.2. The third-order valence-electron chi connectivity index (χ3n) is 13.6. The highest BCUT2D eigenvalue weighted by Gasteiger charge is 2.55. The molecular formula is C48H58N12O5. The fraction of sp³-hybridized carbons (Fsp3) is 0.479. The van der Waals surface area contributed by atoms with Crippen molar-refractivity contribution in [1.29, 1.82) is 0 Å². The molecule has 2 amide bonds. The van der Waals surface area contributed by atoms with Gasteiger partial charge in [0, 0.05) is 66.6 Å². The Morgan fingerprint density at radius 1 is 0.877 bits per heavy atom. The number of amides is 2. The maximum atomic E-state index is 13.9. The van der Waals surface area contributed by atoms with Crippen LogP contribution in [0.5, 0.6) is 0 Å². The normalized spacial score (nSPS) is 21.8. The zero-order valence-electron chi connectivity index (χ0n) is 40.5. The quantitative estimate of drug-likeness (QED) is 0.0898. The lowest BCUT2D eigenvalue weighted by Gasteiger charge is -2.58. The van der Waals surface area contributed by atoms with Crippen LogP contribution in [0.4, 0.5) is 34.9 Å². The molecule has 1 spiro atoms. The van der Waals surface area contributed by atoms with Crippen LogP contribution in [0, 0.1) is 19.3 Å². The summed E-state index contributed by atoms with van der Waals surface area (Å²) in [5.74, 6) is 0.937. The van der Waals surface area contributed by atoms with E-state index in [0.29, 0.717) is 60.4 Å². The predicted molar refractivity (Wildman–Crippen MR) is 250 cm³/mol. The van der Waals surface area contributed by atoms with Crippen molar-refractivity contribution in [3.63, 3.8) is 0 Å². The average molecular weight is 886 g/mol. The minimum absolute atomic E-state index is 0.0127. The van der Waals surface area contributed by atoms with Crippen LogP contribution in [0.1, 0.15) is 114 Å². The van der Waals surface area contributed by atoms with Crippen molar-refractivity contribution in [1.82, 2.24) is 34.4 Å². The number of fused-ring (bicyclic) bond motifs is 1. The summed E-state index contributed by atoms with van der Waals surface area (Å²) >= 11 is 0. The van der Waals surface area contributed by atoms with E-state index in [0.717, 1.165) is 62.7 Å². The molecule has 340 valence electrons. The van der Waals surface area contributed by atoms with Crippen molar-refractivity contribution in [3.8, 4) is 0 Å². The lowest BCUT2D eigenvalue weighted by Crippen LogP contribution is -2.59. The number of ketones is 1. The molecule has 4 aliphatic rings. The van der Waals surface area contributed by atoms with E-state index in [4.69, 9.17) is 13.8 Å². The van der Waals surface area contributed by atoms with Gasteiger partial charge in [0.25, 0.3) is 17.4 Å². The van der Waals surface area contributed by atoms with E-state index in [9.17, 15) is 19.2 Å². The molecular weight excluding hydrogens is 825 g/mol. The Bertz CT molecular complexity index is 2810. The number of anilines is 6. The number of pyridine rings is 4. The van der Waals surface area contributed by atoms with Crippen LogP contribution in [0.25, 0.3) is 11.0 Å². The Labute approximate surface area is 382 Å². The van der Waals surface area contributed by atoms with Crippen LogP contribution in [0.2, 0.25) is 0 Å². The molecule has 1 aliphatic heterocycles. The first-order chi connectivity index (χ1) is 32.3. The second-order valence-electron chi connectivity index (χ2n) is 18.7. The molecule has 17 heteroatoms. The highest BCUT2D eigenvalue weighted by molar-refractivity contribution is 6.07. The molecule has 0 aromatic carbocycles. The van der Waals surface area contributed by atoms with E-state index >= 15 is 0 Å². The molecule has 3 saturated carbocycles. The molecule has 1 saturated heterocycles. The molecule has 3 aliphatic carbocycles. The van der Waals surface area contributed by atoms with Gasteiger partial charge in [0.05, 0.1) is 29.1 Å². The third kappa shape index (κ3) is 8.85. The van der Waals surface area contributed by atoms with Gasteiger partial charge in [-0.05, 0) is 121 Å². The van der Waals surface area contributed by atoms with Crippen LogP contribution in [-0.2, 0) is 9.53 Å². The van der Waals surface area contributed by atoms with Crippen molar-refractivity contribution < 1.29 is 23.2 Å². The summed E-state index contributed by atoms with van der Waals surface area (Å²) in [7, 11) is 0. The average Bonchev–Trinajstić information content (AvgIpc) is 3.79. The highest BCUT2D eigenvalue weighted by atomic mass is 16.5. The predicted octanol–water partition coefficient (Wildman–Crippen LogP) is 6.82. The number of carbonyl (C=O) groups excluding carboxylic acids is 3. The van der Waals surface area contributed by atoms with Gasteiger partial charge in [-0.2, -0.15) is 4.98 Å². The van der Waals surface area contributed by atoms with Gasteiger partial charge in [-0.1, -0.05) is 18.9 Å². The zero-order valence-corrected chi connectivity index (χ0v) is 37.5. The standard InChI is InChI=1S/C48H58N12O5/c1-28-10-9-13-39(52-28)55-43(62)35-15-17-37(49-6)54-41(35)53-31-22-48(23-31)24-34(25-48)65-47(4,5)45(64)59-20-18-58(19-21-59)33-14-16-38(50-26-33)56-46-51-27-36-29(2)40(30(3)61)44(63)60(42(36)57-46)32-11-7-8-12-32/h9-10,13-17,26-27,31-32,34H,7-8,11-12,18-25H2,1-6H3,(H2,49,53,54)(H,52,55,62)(H,50,51,56,57)/i6D3. The van der Waals surface area contributed by atoms with Gasteiger partial charge in [0.2, 0.25) is 5.95 Å². The Kier molecular flexibility index (Phi) is 10.8. The molecule has 5 aromatic rings. The summed E-state index contributed by atoms with van der Waals surface area (Å²) in [6.45, 7) is 8.58. The second kappa shape index (κ2) is 17.5. The number of aromatic nitrogens is 6. The van der Waals surface area contributed by atoms with Gasteiger partial charge in [-0.15, -0.1) is 0 Å². The summed E-state index contributed by atoms with van der Waals surface area (Å²) in [5, 5.41) is 12.5. The van der Waals surface area contributed by atoms with Crippen molar-refractivity contribution in [2.45, 2.75) is 110 Å². The Hall–Kier alpha value is -6.49. The number of Topliss-reactive ketones (excluding diaryl/α,β-unsaturated/α-hetero) is 1. The fourth-order valence-electron chi connectivity index (χ4n) is 10.3. The smallest absolute Gasteiger partial charge is 0.263 e. The molecule has 6 heterocycles. The molecule has 4 N–H and O–H groups in total. The number of rotatable bonds is 13. The van der Waals surface area contributed by atoms with Crippen LogP contribution in [0.3, 0.4) is 0 Å². The zero-order chi connectivity index (χ0) is 48.1. The fourth-order valence-corrected chi connectivity index (χ4v) is 10.3. The number of aryl methyl sites for hydroxylation is 2. The summed E-state index contributed by atoms with van der Waals surface area (Å²) in [4.78, 5) is 80.2. The maximum absolute atomic E-state index is 13.9. The largest absolute Gasteiger partial charge is 0.373 e. The van der Waals surface area contributed by atoms with Crippen LogP contribution in [-0.4, -0.2) is 103 Å². The molecule has 0 bridgehead atoms. The first-order valence-electron chi connectivity index (χ1n) is 24.0. The van der Waals surface area contributed by atoms with Gasteiger partial charge < -0.3 is 35.8 Å². The van der Waals surface area contributed by atoms with Crippen LogP contribution in [0.15, 0.2) is 59.7 Å². The molecule has 65 heavy (non-hydrogen) atoms. The second-order valence-corrected chi connectivity index (χ2v) is 18.7. The minimum Gasteiger partial charge on any atom is -0.373 e. The Balaban J connectivity index is 0.761. The molecule has 0 radical (unpaired) electrons. The molecule has 0 unspecified atom stereocenters. The number of hydrogen-bond acceptors (Lipinski definition) is 14. The molecule has 17 nitrogen and oxygen atoms in total.